The first-order chi connectivity index (χ1) is 16.3. The van der Waals surface area contributed by atoms with E-state index in [0.29, 0.717) is 17.9 Å². The summed E-state index contributed by atoms with van der Waals surface area (Å²) in [5, 5.41) is 0. The molecule has 2 amide bonds. The molecule has 1 unspecified atom stereocenters. The van der Waals surface area contributed by atoms with E-state index in [0.717, 1.165) is 16.6 Å². The summed E-state index contributed by atoms with van der Waals surface area (Å²) in [6, 6.07) is 3.47. The topological polar surface area (TPSA) is 128 Å². The van der Waals surface area contributed by atoms with Gasteiger partial charge in [0.15, 0.2) is 16.1 Å². The summed E-state index contributed by atoms with van der Waals surface area (Å²) in [6.45, 7) is 0.696. The SMILES string of the molecule is O=C(C[C@]1(c2ccc(Br)s2)CCN(C(=O)c2cnccn2)CCS1(=O)=O)NOC1CCCCO1. The third-order valence-electron chi connectivity index (χ3n) is 5.99. The van der Waals surface area contributed by atoms with Gasteiger partial charge in [0.05, 0.1) is 22.2 Å². The lowest BCUT2D eigenvalue weighted by Crippen LogP contribution is -2.43. The minimum atomic E-state index is -3.84. The Hall–Kier alpha value is -1.93. The van der Waals surface area contributed by atoms with Gasteiger partial charge in [-0.15, -0.1) is 11.3 Å². The molecule has 10 nitrogen and oxygen atoms in total. The largest absolute Gasteiger partial charge is 0.350 e. The average Bonchev–Trinajstić information content (AvgIpc) is 3.23. The molecule has 4 heterocycles. The predicted octanol–water partition coefficient (Wildman–Crippen LogP) is 2.42. The Labute approximate surface area is 210 Å². The zero-order chi connectivity index (χ0) is 24.2. The first-order valence-corrected chi connectivity index (χ1v) is 14.2. The number of carbonyl (C=O) groups excluding carboxylic acids is 2. The molecular weight excluding hydrogens is 548 g/mol. The second kappa shape index (κ2) is 10.8. The molecule has 1 N–H and O–H groups in total. The van der Waals surface area contributed by atoms with Crippen molar-refractivity contribution >= 4 is 48.9 Å². The van der Waals surface area contributed by atoms with Crippen LogP contribution in [-0.4, -0.2) is 66.8 Å². The molecule has 184 valence electrons. The van der Waals surface area contributed by atoms with E-state index in [1.807, 2.05) is 0 Å². The molecule has 2 aromatic heterocycles. The quantitative estimate of drug-likeness (QED) is 0.522. The van der Waals surface area contributed by atoms with Crippen LogP contribution in [0.2, 0.25) is 0 Å². The molecule has 13 heteroatoms. The number of hydroxylamine groups is 1. The summed E-state index contributed by atoms with van der Waals surface area (Å²) >= 11 is 4.66. The normalized spacial score (nSPS) is 24.9. The van der Waals surface area contributed by atoms with Gasteiger partial charge in [0, 0.05) is 43.4 Å². The van der Waals surface area contributed by atoms with Gasteiger partial charge >= 0.3 is 0 Å². The van der Waals surface area contributed by atoms with Crippen molar-refractivity contribution < 1.29 is 27.6 Å². The van der Waals surface area contributed by atoms with Crippen LogP contribution in [0.1, 0.15) is 47.5 Å². The highest BCUT2D eigenvalue weighted by Crippen LogP contribution is 2.44. The number of sulfone groups is 1. The smallest absolute Gasteiger partial charge is 0.274 e. The molecule has 2 atom stereocenters. The second-order valence-electron chi connectivity index (χ2n) is 8.17. The minimum absolute atomic E-state index is 0.0000684. The lowest BCUT2D eigenvalue weighted by molar-refractivity contribution is -0.200. The van der Waals surface area contributed by atoms with Crippen molar-refractivity contribution in [2.75, 3.05) is 25.4 Å². The van der Waals surface area contributed by atoms with Crippen LogP contribution >= 0.6 is 27.3 Å². The van der Waals surface area contributed by atoms with E-state index >= 15 is 0 Å². The van der Waals surface area contributed by atoms with E-state index in [-0.39, 0.29) is 37.4 Å². The first-order valence-electron chi connectivity index (χ1n) is 10.9. The Balaban J connectivity index is 1.57. The molecule has 2 aliphatic rings. The number of nitrogens with zero attached hydrogens (tertiary/aromatic N) is 3. The minimum Gasteiger partial charge on any atom is -0.350 e. The molecule has 0 spiro atoms. The van der Waals surface area contributed by atoms with Crippen molar-refractivity contribution in [1.82, 2.24) is 20.3 Å². The number of aromatic nitrogens is 2. The Bertz CT molecular complexity index is 1120. The molecule has 2 aromatic rings. The number of halogens is 1. The van der Waals surface area contributed by atoms with Gasteiger partial charge in [-0.1, -0.05) is 0 Å². The van der Waals surface area contributed by atoms with Crippen molar-refractivity contribution in [1.29, 1.82) is 0 Å². The van der Waals surface area contributed by atoms with Crippen LogP contribution in [0.5, 0.6) is 0 Å². The van der Waals surface area contributed by atoms with Crippen LogP contribution in [0.3, 0.4) is 0 Å². The van der Waals surface area contributed by atoms with E-state index in [2.05, 4.69) is 31.4 Å². The van der Waals surface area contributed by atoms with Gasteiger partial charge in [0.25, 0.3) is 5.91 Å². The molecule has 0 bridgehead atoms. The number of carbonyl (C=O) groups is 2. The summed E-state index contributed by atoms with van der Waals surface area (Å²) in [5.74, 6) is -1.24. The van der Waals surface area contributed by atoms with Crippen molar-refractivity contribution in [3.63, 3.8) is 0 Å². The fourth-order valence-electron chi connectivity index (χ4n) is 4.14. The molecule has 2 fully saturated rings. The lowest BCUT2D eigenvalue weighted by Gasteiger charge is -2.31. The lowest BCUT2D eigenvalue weighted by atomic mass is 9.97. The van der Waals surface area contributed by atoms with Gasteiger partial charge in [0.1, 0.15) is 10.4 Å². The third-order valence-corrected chi connectivity index (χ3v) is 10.4. The number of hydrogen-bond acceptors (Lipinski definition) is 9. The van der Waals surface area contributed by atoms with Crippen molar-refractivity contribution in [2.24, 2.45) is 0 Å². The van der Waals surface area contributed by atoms with Crippen LogP contribution < -0.4 is 5.48 Å². The molecule has 0 aliphatic carbocycles. The van der Waals surface area contributed by atoms with E-state index in [9.17, 15) is 18.0 Å². The van der Waals surface area contributed by atoms with E-state index < -0.39 is 32.7 Å². The molecule has 0 saturated carbocycles. The third kappa shape index (κ3) is 5.48. The molecular formula is C21H25BrN4O6S2. The van der Waals surface area contributed by atoms with E-state index in [1.165, 1.54) is 34.8 Å². The number of amides is 2. The number of rotatable bonds is 6. The molecule has 0 aromatic carbocycles. The van der Waals surface area contributed by atoms with Crippen molar-refractivity contribution in [3.8, 4) is 0 Å². The summed E-state index contributed by atoms with van der Waals surface area (Å²) in [4.78, 5) is 41.2. The van der Waals surface area contributed by atoms with Gasteiger partial charge in [0.2, 0.25) is 5.91 Å². The van der Waals surface area contributed by atoms with Gasteiger partial charge < -0.3 is 9.64 Å². The van der Waals surface area contributed by atoms with Crippen molar-refractivity contribution in [3.05, 3.63) is 45.1 Å². The second-order valence-corrected chi connectivity index (χ2v) is 13.0. The number of ether oxygens (including phenoxy) is 1. The maximum atomic E-state index is 13.7. The summed E-state index contributed by atoms with van der Waals surface area (Å²) in [7, 11) is -3.84. The van der Waals surface area contributed by atoms with Gasteiger partial charge in [-0.25, -0.2) is 23.7 Å². The van der Waals surface area contributed by atoms with Crippen LogP contribution in [0.15, 0.2) is 34.5 Å². The summed E-state index contributed by atoms with van der Waals surface area (Å²) in [5.41, 5.74) is 2.53. The Morgan fingerprint density at radius 2 is 2.15 bits per heavy atom. The highest BCUT2D eigenvalue weighted by Gasteiger charge is 2.50. The molecule has 2 aliphatic heterocycles. The van der Waals surface area contributed by atoms with E-state index in [1.54, 1.807) is 12.1 Å². The molecule has 34 heavy (non-hydrogen) atoms. The highest BCUT2D eigenvalue weighted by molar-refractivity contribution is 9.11. The van der Waals surface area contributed by atoms with Crippen LogP contribution in [0, 0.1) is 0 Å². The van der Waals surface area contributed by atoms with Crippen LogP contribution in [0.4, 0.5) is 0 Å². The molecule has 2 saturated heterocycles. The molecule has 4 rings (SSSR count). The maximum Gasteiger partial charge on any atom is 0.274 e. The van der Waals surface area contributed by atoms with Gasteiger partial charge in [-0.2, -0.15) is 0 Å². The predicted molar refractivity (Wildman–Crippen MR) is 127 cm³/mol. The first kappa shape index (κ1) is 25.2. The fraction of sp³-hybridized carbons (Fsp3) is 0.524. The zero-order valence-electron chi connectivity index (χ0n) is 18.3. The van der Waals surface area contributed by atoms with Crippen molar-refractivity contribution in [2.45, 2.75) is 43.1 Å². The monoisotopic (exact) mass is 572 g/mol. The Kier molecular flexibility index (Phi) is 7.97. The van der Waals surface area contributed by atoms with Crippen LogP contribution in [0.25, 0.3) is 0 Å². The number of thiophene rings is 1. The summed E-state index contributed by atoms with van der Waals surface area (Å²) in [6.07, 6.45) is 5.92. The average molecular weight is 573 g/mol. The number of hydrogen-bond donors (Lipinski definition) is 1. The molecule has 0 radical (unpaired) electrons. The standard InChI is InChI=1S/C21H25BrN4O6S2/c22-17-5-4-16(33-17)21(13-18(27)25-32-19-3-1-2-11-31-19)6-9-26(10-12-34(21,29)30)20(28)15-14-23-7-8-24-15/h4-5,7-8,14,19H,1-3,6,9-13H2,(H,25,27)/t19?,21-/m0/s1. The highest BCUT2D eigenvalue weighted by atomic mass is 79.9. The maximum absolute atomic E-state index is 13.7. The Morgan fingerprint density at radius 3 is 2.82 bits per heavy atom. The zero-order valence-corrected chi connectivity index (χ0v) is 21.5. The fourth-order valence-corrected chi connectivity index (χ4v) is 8.12. The Morgan fingerprint density at radius 1 is 1.29 bits per heavy atom. The van der Waals surface area contributed by atoms with Crippen LogP contribution in [-0.2, 0) is 29.0 Å². The van der Waals surface area contributed by atoms with Gasteiger partial charge in [-0.05, 0) is 47.3 Å². The number of nitrogens with one attached hydrogen (secondary N) is 1. The van der Waals surface area contributed by atoms with Gasteiger partial charge in [-0.3, -0.25) is 14.6 Å². The van der Waals surface area contributed by atoms with E-state index in [4.69, 9.17) is 9.57 Å². The summed E-state index contributed by atoms with van der Waals surface area (Å²) < 4.78 is 32.0.